The Bertz CT molecular complexity index is 913. The lowest BCUT2D eigenvalue weighted by molar-refractivity contribution is 0.131. The number of piperidine rings is 1. The summed E-state index contributed by atoms with van der Waals surface area (Å²) < 4.78 is 2.15. The van der Waals surface area contributed by atoms with Gasteiger partial charge in [-0.1, -0.05) is 24.3 Å². The maximum Gasteiger partial charge on any atom is 0.159 e. The van der Waals surface area contributed by atoms with E-state index in [9.17, 15) is 0 Å². The molecule has 2 aliphatic rings. The topological polar surface area (TPSA) is 34.0 Å². The van der Waals surface area contributed by atoms with Crippen molar-refractivity contribution in [2.45, 2.75) is 31.7 Å². The van der Waals surface area contributed by atoms with Gasteiger partial charge in [0.25, 0.3) is 0 Å². The van der Waals surface area contributed by atoms with Crippen LogP contribution in [0.15, 0.2) is 42.6 Å². The molecule has 1 saturated heterocycles. The summed E-state index contributed by atoms with van der Waals surface area (Å²) >= 11 is 0. The van der Waals surface area contributed by atoms with Crippen LogP contribution < -0.4 is 0 Å². The fraction of sp³-hybridized carbons (Fsp3) is 0.429. The Morgan fingerprint density at radius 2 is 2.04 bits per heavy atom. The van der Waals surface area contributed by atoms with Crippen LogP contribution in [-0.4, -0.2) is 32.5 Å². The molecule has 0 radical (unpaired) electrons. The van der Waals surface area contributed by atoms with Gasteiger partial charge in [0, 0.05) is 19.8 Å². The number of hydrogen-bond donors (Lipinski definition) is 0. The van der Waals surface area contributed by atoms with Crippen LogP contribution in [0.1, 0.15) is 35.7 Å². The highest BCUT2D eigenvalue weighted by Crippen LogP contribution is 2.41. The molecule has 1 fully saturated rings. The highest BCUT2D eigenvalue weighted by Gasteiger charge is 2.34. The maximum atomic E-state index is 4.81. The van der Waals surface area contributed by atoms with Crippen LogP contribution >= 0.6 is 0 Å². The van der Waals surface area contributed by atoms with E-state index in [0.717, 1.165) is 41.9 Å². The van der Waals surface area contributed by atoms with E-state index >= 15 is 0 Å². The molecule has 0 unspecified atom stereocenters. The van der Waals surface area contributed by atoms with Crippen molar-refractivity contribution in [1.29, 1.82) is 0 Å². The predicted molar refractivity (Wildman–Crippen MR) is 99.4 cm³/mol. The van der Waals surface area contributed by atoms with Crippen LogP contribution in [0, 0.1) is 5.92 Å². The first-order valence-corrected chi connectivity index (χ1v) is 9.36. The second-order valence-electron chi connectivity index (χ2n) is 7.56. The number of aromatic nitrogens is 3. The zero-order valence-electron chi connectivity index (χ0n) is 14.7. The molecule has 3 aromatic rings. The number of rotatable bonds is 2. The largest absolute Gasteiger partial charge is 0.315 e. The van der Waals surface area contributed by atoms with Crippen molar-refractivity contribution in [3.8, 4) is 0 Å². The maximum absolute atomic E-state index is 4.81. The molecule has 3 heterocycles. The molecule has 0 N–H and O–H groups in total. The molecule has 0 bridgehead atoms. The number of benzene rings is 1. The highest BCUT2D eigenvalue weighted by molar-refractivity contribution is 5.70. The minimum Gasteiger partial charge on any atom is -0.315 e. The molecule has 4 heteroatoms. The summed E-state index contributed by atoms with van der Waals surface area (Å²) in [6.07, 6.45) is 5.67. The third-order valence-corrected chi connectivity index (χ3v) is 6.14. The first kappa shape index (κ1) is 15.1. The minimum atomic E-state index is 0.753. The third kappa shape index (κ3) is 2.56. The quantitative estimate of drug-likeness (QED) is 0.720. The molecule has 1 aliphatic heterocycles. The zero-order chi connectivity index (χ0) is 16.8. The average Bonchev–Trinajstić information content (AvgIpc) is 2.97. The summed E-state index contributed by atoms with van der Waals surface area (Å²) in [6.45, 7) is 3.28. The van der Waals surface area contributed by atoms with E-state index in [-0.39, 0.29) is 0 Å². The molecular formula is C21H24N4. The molecule has 1 aliphatic carbocycles. The minimum absolute atomic E-state index is 0.753. The predicted octanol–water partition coefficient (Wildman–Crippen LogP) is 3.52. The van der Waals surface area contributed by atoms with E-state index < -0.39 is 0 Å². The monoisotopic (exact) mass is 332 g/mol. The van der Waals surface area contributed by atoms with Crippen molar-refractivity contribution in [2.75, 3.05) is 13.1 Å². The summed E-state index contributed by atoms with van der Waals surface area (Å²) in [5.41, 5.74) is 5.18. The molecule has 2 atom stereocenters. The summed E-state index contributed by atoms with van der Waals surface area (Å²) in [6, 6.07) is 13.1. The van der Waals surface area contributed by atoms with E-state index in [1.165, 1.54) is 25.8 Å². The van der Waals surface area contributed by atoms with Gasteiger partial charge in [0.1, 0.15) is 11.3 Å². The molecule has 0 spiro atoms. The molecule has 0 saturated carbocycles. The van der Waals surface area contributed by atoms with Crippen molar-refractivity contribution in [3.05, 3.63) is 59.5 Å². The number of hydrogen-bond acceptors (Lipinski definition) is 3. The molecule has 25 heavy (non-hydrogen) atoms. The Hall–Kier alpha value is -2.20. The van der Waals surface area contributed by atoms with Gasteiger partial charge in [-0.25, -0.2) is 9.97 Å². The van der Waals surface area contributed by atoms with Crippen molar-refractivity contribution in [1.82, 2.24) is 19.4 Å². The Kier molecular flexibility index (Phi) is 3.59. The number of aryl methyl sites for hydroxylation is 2. The number of likely N-dealkylation sites (tertiary alicyclic amines) is 1. The van der Waals surface area contributed by atoms with Crippen molar-refractivity contribution < 1.29 is 0 Å². The van der Waals surface area contributed by atoms with E-state index in [1.54, 1.807) is 11.1 Å². The van der Waals surface area contributed by atoms with Gasteiger partial charge < -0.3 is 4.57 Å². The Morgan fingerprint density at radius 1 is 1.12 bits per heavy atom. The van der Waals surface area contributed by atoms with Gasteiger partial charge in [-0.3, -0.25) is 4.90 Å². The molecular weight excluding hydrogens is 308 g/mol. The summed E-state index contributed by atoms with van der Waals surface area (Å²) in [5.74, 6) is 2.67. The van der Waals surface area contributed by atoms with Crippen LogP contribution in [0.3, 0.4) is 0 Å². The van der Waals surface area contributed by atoms with Crippen molar-refractivity contribution in [3.63, 3.8) is 0 Å². The fourth-order valence-corrected chi connectivity index (χ4v) is 4.83. The summed E-state index contributed by atoms with van der Waals surface area (Å²) in [4.78, 5) is 11.9. The number of imidazole rings is 1. The van der Waals surface area contributed by atoms with E-state index in [0.29, 0.717) is 0 Å². The lowest BCUT2D eigenvalue weighted by Crippen LogP contribution is -2.41. The first-order chi connectivity index (χ1) is 12.3. The highest BCUT2D eigenvalue weighted by atomic mass is 15.2. The zero-order valence-corrected chi connectivity index (χ0v) is 14.7. The SMILES string of the molecule is Cn1c(CN2CC[C@@H]3c4ccccc4CC[C@@H]3C2)nc2cccnc21. The molecule has 5 rings (SSSR count). The van der Waals surface area contributed by atoms with E-state index in [1.807, 2.05) is 12.3 Å². The van der Waals surface area contributed by atoms with Crippen molar-refractivity contribution >= 4 is 11.2 Å². The van der Waals surface area contributed by atoms with Gasteiger partial charge in [-0.05, 0) is 60.9 Å². The van der Waals surface area contributed by atoms with Gasteiger partial charge >= 0.3 is 0 Å². The Balaban J connectivity index is 1.35. The number of fused-ring (bicyclic) bond motifs is 4. The van der Waals surface area contributed by atoms with Gasteiger partial charge in [-0.2, -0.15) is 0 Å². The third-order valence-electron chi connectivity index (χ3n) is 6.14. The smallest absolute Gasteiger partial charge is 0.159 e. The molecule has 0 amide bonds. The van der Waals surface area contributed by atoms with Crippen LogP contribution in [0.25, 0.3) is 11.2 Å². The van der Waals surface area contributed by atoms with E-state index in [4.69, 9.17) is 4.98 Å². The second kappa shape index (κ2) is 5.95. The van der Waals surface area contributed by atoms with Crippen LogP contribution in [0.5, 0.6) is 0 Å². The standard InChI is InChI=1S/C21H24N4/c1-24-20(23-19-7-4-11-22-21(19)24)14-25-12-10-18-16(13-25)9-8-15-5-2-3-6-17(15)18/h2-7,11,16,18H,8-10,12-14H2,1H3/t16-,18+/m1/s1. The van der Waals surface area contributed by atoms with Crippen molar-refractivity contribution in [2.24, 2.45) is 13.0 Å². The summed E-state index contributed by atoms with van der Waals surface area (Å²) in [5, 5.41) is 0. The van der Waals surface area contributed by atoms with Crippen LogP contribution in [0.4, 0.5) is 0 Å². The molecule has 4 nitrogen and oxygen atoms in total. The van der Waals surface area contributed by atoms with Crippen LogP contribution in [-0.2, 0) is 20.0 Å². The van der Waals surface area contributed by atoms with E-state index in [2.05, 4.69) is 51.8 Å². The number of pyridine rings is 1. The van der Waals surface area contributed by atoms with Gasteiger partial charge in [-0.15, -0.1) is 0 Å². The van der Waals surface area contributed by atoms with Crippen LogP contribution in [0.2, 0.25) is 0 Å². The van der Waals surface area contributed by atoms with Gasteiger partial charge in [0.15, 0.2) is 5.65 Å². The average molecular weight is 332 g/mol. The molecule has 1 aromatic carbocycles. The lowest BCUT2D eigenvalue weighted by atomic mass is 9.71. The fourth-order valence-electron chi connectivity index (χ4n) is 4.83. The Morgan fingerprint density at radius 3 is 2.96 bits per heavy atom. The summed E-state index contributed by atoms with van der Waals surface area (Å²) in [7, 11) is 2.08. The first-order valence-electron chi connectivity index (χ1n) is 9.36. The molecule has 128 valence electrons. The van der Waals surface area contributed by atoms with Gasteiger partial charge in [0.2, 0.25) is 0 Å². The van der Waals surface area contributed by atoms with Gasteiger partial charge in [0.05, 0.1) is 6.54 Å². The lowest BCUT2D eigenvalue weighted by Gasteiger charge is -2.42. The normalized spacial score (nSPS) is 23.4. The Labute approximate surface area is 148 Å². The molecule has 2 aromatic heterocycles. The second-order valence-corrected chi connectivity index (χ2v) is 7.56. The number of nitrogens with zero attached hydrogens (tertiary/aromatic N) is 4.